The summed E-state index contributed by atoms with van der Waals surface area (Å²) in [6.45, 7) is 8.65. The second-order valence-corrected chi connectivity index (χ2v) is 23.0. The molecule has 0 aliphatic carbocycles. The molecule has 94 heavy (non-hydrogen) atoms. The number of hydrogen-bond acceptors (Lipinski definition) is 28. The van der Waals surface area contributed by atoms with E-state index in [0.717, 1.165) is 4.90 Å². The number of carbonyl (C=O) groups excluding carboxylic acids is 8. The largest absolute Gasteiger partial charge is 0.388 e. The van der Waals surface area contributed by atoms with Gasteiger partial charge in [-0.1, -0.05) is 14.9 Å². The Morgan fingerprint density at radius 2 is 0.596 bits per heavy atom. The van der Waals surface area contributed by atoms with Crippen LogP contribution in [0.5, 0.6) is 0 Å². The fourth-order valence-corrected chi connectivity index (χ4v) is 9.79. The van der Waals surface area contributed by atoms with Crippen molar-refractivity contribution in [3.63, 3.8) is 0 Å². The SMILES string of the molecule is C.C.CCNC(=O)CCCCC(=O)N(CC(=O)CCCO[C@@H]1O[C@@H](C)[C@@H](O)[C@@H](O)[C@@H]1O)CC(=O)CCCO[C@@H]1O[C@@H](C)[C@@H](O)[C@@H](O)[C@@H]1O.CCNC(=O)CCCCC(=O)N(CC(=O)NCCO[C@@H]1O[C@@H](C)[C@@H](O)[C@@H](O)[C@@H]1O)CC(=O)NCCO[C@@H]1O[C@@H](C)[C@@H](O)[C@@H](O)[C@@H]1O. The lowest BCUT2D eigenvalue weighted by molar-refractivity contribution is -0.293. The lowest BCUT2D eigenvalue weighted by Gasteiger charge is -2.38. The van der Waals surface area contributed by atoms with Crippen LogP contribution in [0.3, 0.4) is 0 Å². The van der Waals surface area contributed by atoms with Crippen molar-refractivity contribution in [3.05, 3.63) is 0 Å². The Labute approximate surface area is 549 Å². The minimum atomic E-state index is -1.50. The number of amides is 6. The first-order valence-electron chi connectivity index (χ1n) is 31.4. The van der Waals surface area contributed by atoms with E-state index in [9.17, 15) is 99.6 Å². The van der Waals surface area contributed by atoms with Crippen LogP contribution in [0.1, 0.15) is 133 Å². The van der Waals surface area contributed by atoms with Crippen molar-refractivity contribution in [1.82, 2.24) is 31.1 Å². The van der Waals surface area contributed by atoms with Crippen LogP contribution >= 0.6 is 0 Å². The fraction of sp³-hybridized carbons (Fsp3) is 0.867. The highest BCUT2D eigenvalue weighted by atomic mass is 16.7. The van der Waals surface area contributed by atoms with E-state index in [0.29, 0.717) is 38.8 Å². The van der Waals surface area contributed by atoms with Gasteiger partial charge in [0.15, 0.2) is 36.7 Å². The van der Waals surface area contributed by atoms with Crippen LogP contribution in [-0.4, -0.2) is 320 Å². The molecule has 0 unspecified atom stereocenters. The Morgan fingerprint density at radius 1 is 0.330 bits per heavy atom. The van der Waals surface area contributed by atoms with Crippen LogP contribution in [0.2, 0.25) is 0 Å². The molecule has 4 rings (SSSR count). The number of aliphatic hydroxyl groups is 12. The van der Waals surface area contributed by atoms with E-state index in [4.69, 9.17) is 37.9 Å². The lowest BCUT2D eigenvalue weighted by atomic mass is 10.00. The van der Waals surface area contributed by atoms with Gasteiger partial charge in [-0.15, -0.1) is 0 Å². The quantitative estimate of drug-likeness (QED) is 0.0257. The van der Waals surface area contributed by atoms with Crippen LogP contribution in [-0.2, 0) is 76.3 Å². The van der Waals surface area contributed by atoms with Gasteiger partial charge in [0.25, 0.3) is 0 Å². The summed E-state index contributed by atoms with van der Waals surface area (Å²) in [6.07, 6.45) is -22.3. The molecule has 4 fully saturated rings. The standard InChI is InChI=1S/C30H52N2O14.C28H50N4O14.2CH4/c1-4-31-21(35)11-5-6-12-22(36)32(15-19(33)9-7-13-43-29-27(41)25(39)23(37)17(2)45-29)16-20(34)10-8-14-44-30-28(42)26(40)24(38)18(3)46-30;1-4-29-17(33)7-5-6-8-20(36)32(13-18(34)30-9-11-43-27-25(41)23(39)21(37)15(2)45-27)14-19(35)31-10-12-44-28-26(42)24(40)22(38)16(3)46-28;;/h17-18,23-30,37-42H,4-16H2,1-3H3,(H,31,35);15-16,21-28,37-42H,4-14H2,1-3H3,(H,29,33)(H,30,34)(H,31,35);2*1H4/t17-,18-,23+,24+,25+,26+,27-,28-,29+,30+;15-,16-,21+,22+,23+,24+,25-,26-,27+,28+;;/m00../s1. The predicted molar refractivity (Wildman–Crippen MR) is 329 cm³/mol. The summed E-state index contributed by atoms with van der Waals surface area (Å²) in [7, 11) is 0. The molecular weight excluding hydrogens is 1250 g/mol. The molecule has 0 aromatic heterocycles. The highest BCUT2D eigenvalue weighted by Crippen LogP contribution is 2.25. The summed E-state index contributed by atoms with van der Waals surface area (Å²) in [6, 6.07) is 0. The van der Waals surface area contributed by atoms with E-state index in [1.165, 1.54) is 32.6 Å². The summed E-state index contributed by atoms with van der Waals surface area (Å²) in [4.78, 5) is 102. The maximum absolute atomic E-state index is 13.0. The summed E-state index contributed by atoms with van der Waals surface area (Å²) in [5.41, 5.74) is 0. The Balaban J connectivity index is 0.000000920. The van der Waals surface area contributed by atoms with Crippen molar-refractivity contribution in [3.8, 4) is 0 Å². The smallest absolute Gasteiger partial charge is 0.239 e. The molecule has 4 aliphatic rings. The van der Waals surface area contributed by atoms with Crippen LogP contribution in [0.25, 0.3) is 0 Å². The molecule has 34 heteroatoms. The third kappa shape index (κ3) is 30.0. The molecule has 0 aromatic rings. The average molecular weight is 1360 g/mol. The number of unbranched alkanes of at least 4 members (excludes halogenated alkanes) is 2. The van der Waals surface area contributed by atoms with Gasteiger partial charge in [-0.25, -0.2) is 0 Å². The summed E-state index contributed by atoms with van der Waals surface area (Å²) in [5, 5.41) is 129. The van der Waals surface area contributed by atoms with Crippen LogP contribution in [0.15, 0.2) is 0 Å². The zero-order valence-corrected chi connectivity index (χ0v) is 53.3. The van der Waals surface area contributed by atoms with Crippen molar-refractivity contribution < 1.29 is 138 Å². The van der Waals surface area contributed by atoms with Crippen LogP contribution in [0, 0.1) is 0 Å². The number of aliphatic hydroxyl groups excluding tert-OH is 12. The fourth-order valence-electron chi connectivity index (χ4n) is 9.79. The molecule has 0 bridgehead atoms. The Kier molecular flexibility index (Phi) is 42.6. The molecule has 4 aliphatic heterocycles. The van der Waals surface area contributed by atoms with Gasteiger partial charge in [0.2, 0.25) is 35.4 Å². The Bertz CT molecular complexity index is 1990. The molecule has 0 saturated carbocycles. The molecule has 34 nitrogen and oxygen atoms in total. The number of Topliss-reactive ketones (excluding diaryl/α,β-unsaturated/α-hetero) is 2. The van der Waals surface area contributed by atoms with E-state index in [2.05, 4.69) is 21.3 Å². The second kappa shape index (κ2) is 45.8. The zero-order valence-electron chi connectivity index (χ0n) is 53.3. The number of hydrogen-bond donors (Lipinski definition) is 16. The van der Waals surface area contributed by atoms with Crippen LogP contribution < -0.4 is 21.3 Å². The van der Waals surface area contributed by atoms with Crippen molar-refractivity contribution in [2.45, 2.75) is 256 Å². The molecule has 4 heterocycles. The van der Waals surface area contributed by atoms with Crippen molar-refractivity contribution in [2.75, 3.05) is 78.8 Å². The highest BCUT2D eigenvalue weighted by molar-refractivity contribution is 5.91. The normalized spacial score (nSPS) is 30.6. The number of ketones is 2. The van der Waals surface area contributed by atoms with E-state index in [-0.39, 0.29) is 142 Å². The zero-order chi connectivity index (χ0) is 68.8. The maximum Gasteiger partial charge on any atom is 0.239 e. The Morgan fingerprint density at radius 3 is 0.883 bits per heavy atom. The van der Waals surface area contributed by atoms with E-state index in [1.807, 2.05) is 0 Å². The van der Waals surface area contributed by atoms with Crippen molar-refractivity contribution >= 4 is 47.0 Å². The first-order valence-corrected chi connectivity index (χ1v) is 31.4. The van der Waals surface area contributed by atoms with Gasteiger partial charge in [0, 0.05) is 64.7 Å². The third-order valence-corrected chi connectivity index (χ3v) is 15.4. The van der Waals surface area contributed by atoms with Gasteiger partial charge in [-0.3, -0.25) is 38.4 Å². The number of rotatable bonds is 38. The van der Waals surface area contributed by atoms with Gasteiger partial charge in [-0.2, -0.15) is 0 Å². The summed E-state index contributed by atoms with van der Waals surface area (Å²) in [5.74, 6) is -3.05. The van der Waals surface area contributed by atoms with Crippen molar-refractivity contribution in [2.24, 2.45) is 0 Å². The van der Waals surface area contributed by atoms with E-state index >= 15 is 0 Å². The van der Waals surface area contributed by atoms with Crippen LogP contribution in [0.4, 0.5) is 0 Å². The number of carbonyl (C=O) groups is 8. The molecule has 6 amide bonds. The summed E-state index contributed by atoms with van der Waals surface area (Å²) >= 11 is 0. The molecule has 20 atom stereocenters. The minimum Gasteiger partial charge on any atom is -0.388 e. The third-order valence-electron chi connectivity index (χ3n) is 15.4. The van der Waals surface area contributed by atoms with Gasteiger partial charge in [0.05, 0.1) is 63.9 Å². The first-order chi connectivity index (χ1) is 43.5. The summed E-state index contributed by atoms with van der Waals surface area (Å²) < 4.78 is 43.0. The van der Waals surface area contributed by atoms with Gasteiger partial charge < -0.3 is 130 Å². The second-order valence-electron chi connectivity index (χ2n) is 23.0. The minimum absolute atomic E-state index is 0. The van der Waals surface area contributed by atoms with Crippen molar-refractivity contribution in [1.29, 1.82) is 0 Å². The molecular formula is C60H110N6O28. The number of ether oxygens (including phenoxy) is 8. The lowest BCUT2D eigenvalue weighted by Crippen LogP contribution is -2.57. The van der Waals surface area contributed by atoms with Gasteiger partial charge >= 0.3 is 0 Å². The van der Waals surface area contributed by atoms with E-state index < -0.39 is 160 Å². The monoisotopic (exact) mass is 1360 g/mol. The predicted octanol–water partition coefficient (Wildman–Crippen LogP) is -5.40. The number of nitrogens with one attached hydrogen (secondary N) is 4. The molecule has 4 saturated heterocycles. The van der Waals surface area contributed by atoms with Gasteiger partial charge in [-0.05, 0) is 80.1 Å². The maximum atomic E-state index is 13.0. The molecule has 548 valence electrons. The molecule has 16 N–H and O–H groups in total. The molecule has 0 radical (unpaired) electrons. The topological polar surface area (TPSA) is 508 Å². The molecule has 0 aromatic carbocycles. The van der Waals surface area contributed by atoms with E-state index in [1.54, 1.807) is 13.8 Å². The first kappa shape index (κ1) is 87.4. The number of nitrogens with zero attached hydrogens (tertiary/aromatic N) is 2. The molecule has 0 spiro atoms. The highest BCUT2D eigenvalue weighted by Gasteiger charge is 2.46. The Hall–Kier alpha value is -4.64. The average Bonchev–Trinajstić information content (AvgIpc) is 0.921. The van der Waals surface area contributed by atoms with Gasteiger partial charge in [0.1, 0.15) is 86.3 Å².